The number of hydrogen-bond donors (Lipinski definition) is 2. The van der Waals surface area contributed by atoms with E-state index in [1.807, 2.05) is 34.6 Å². The highest BCUT2D eigenvalue weighted by Gasteiger charge is 2.40. The van der Waals surface area contributed by atoms with Gasteiger partial charge in [0.05, 0.1) is 12.1 Å². The maximum Gasteiger partial charge on any atom is 0.331 e. The second kappa shape index (κ2) is 11.8. The Labute approximate surface area is 194 Å². The van der Waals surface area contributed by atoms with Crippen molar-refractivity contribution in [2.45, 2.75) is 105 Å². The maximum atomic E-state index is 13.7. The van der Waals surface area contributed by atoms with Gasteiger partial charge < -0.3 is 15.3 Å². The Morgan fingerprint density at radius 2 is 1.78 bits per heavy atom. The van der Waals surface area contributed by atoms with Crippen molar-refractivity contribution in [2.75, 3.05) is 13.6 Å². The standard InChI is InChI=1S/C25H45N3O4/c1-10-17(4)20(15-18(5)24(31)32)27(9)23(30)21(25(6,7)8)26-22(29)19-13-11-12-14-28(19)16(2)3/h15-17,19-21H,10-14H2,1-9H3,(H,26,29)(H,31,32)/b18-15+/t17-,19+,20+,21+/m0/s1. The molecule has 4 atom stereocenters. The Morgan fingerprint density at radius 3 is 2.25 bits per heavy atom. The molecule has 2 amide bonds. The number of nitrogens with one attached hydrogen (secondary N) is 1. The van der Waals surface area contributed by atoms with E-state index in [4.69, 9.17) is 0 Å². The van der Waals surface area contributed by atoms with Crippen LogP contribution in [0.4, 0.5) is 0 Å². The summed E-state index contributed by atoms with van der Waals surface area (Å²) in [6.45, 7) is 16.5. The van der Waals surface area contributed by atoms with Gasteiger partial charge in [0.25, 0.3) is 0 Å². The second-order valence-electron chi connectivity index (χ2n) is 10.6. The van der Waals surface area contributed by atoms with Crippen LogP contribution in [0.15, 0.2) is 11.6 Å². The topological polar surface area (TPSA) is 90.0 Å². The molecule has 0 saturated carbocycles. The average molecular weight is 452 g/mol. The molecule has 1 fully saturated rings. The lowest BCUT2D eigenvalue weighted by Gasteiger charge is -2.41. The summed E-state index contributed by atoms with van der Waals surface area (Å²) in [5.74, 6) is -1.22. The Kier molecular flexibility index (Phi) is 10.4. The molecular formula is C25H45N3O4. The van der Waals surface area contributed by atoms with Crippen molar-refractivity contribution in [3.8, 4) is 0 Å². The lowest BCUT2D eigenvalue weighted by atomic mass is 9.84. The van der Waals surface area contributed by atoms with Gasteiger partial charge in [-0.1, -0.05) is 53.5 Å². The van der Waals surface area contributed by atoms with Gasteiger partial charge in [-0.05, 0) is 51.5 Å². The van der Waals surface area contributed by atoms with Crippen LogP contribution in [0.5, 0.6) is 0 Å². The molecule has 0 aliphatic carbocycles. The van der Waals surface area contributed by atoms with E-state index in [2.05, 4.69) is 24.1 Å². The molecule has 1 aliphatic rings. The van der Waals surface area contributed by atoms with E-state index in [0.29, 0.717) is 0 Å². The van der Waals surface area contributed by atoms with Gasteiger partial charge in [0.1, 0.15) is 6.04 Å². The predicted octanol–water partition coefficient (Wildman–Crippen LogP) is 3.68. The summed E-state index contributed by atoms with van der Waals surface area (Å²) < 4.78 is 0. The van der Waals surface area contributed by atoms with Crippen molar-refractivity contribution >= 4 is 17.8 Å². The first-order valence-corrected chi connectivity index (χ1v) is 12.0. The molecule has 2 N–H and O–H groups in total. The summed E-state index contributed by atoms with van der Waals surface area (Å²) in [5.41, 5.74) is -0.287. The third-order valence-corrected chi connectivity index (χ3v) is 6.69. The first-order valence-electron chi connectivity index (χ1n) is 12.0. The summed E-state index contributed by atoms with van der Waals surface area (Å²) in [6.07, 6.45) is 5.32. The van der Waals surface area contributed by atoms with Gasteiger partial charge in [0.2, 0.25) is 11.8 Å². The highest BCUT2D eigenvalue weighted by atomic mass is 16.4. The van der Waals surface area contributed by atoms with E-state index < -0.39 is 17.4 Å². The SMILES string of the molecule is CC[C@H](C)[C@@H](/C=C(\C)C(=O)O)N(C)C(=O)[C@@H](NC(=O)[C@H]1CCCCN1C(C)C)C(C)(C)C. The molecule has 0 spiro atoms. The quantitative estimate of drug-likeness (QED) is 0.522. The Morgan fingerprint density at radius 1 is 1.19 bits per heavy atom. The number of likely N-dealkylation sites (N-methyl/N-ethyl adjacent to an activating group) is 1. The minimum atomic E-state index is -0.995. The number of hydrogen-bond acceptors (Lipinski definition) is 4. The summed E-state index contributed by atoms with van der Waals surface area (Å²) in [6, 6.07) is -1.05. The van der Waals surface area contributed by atoms with Crippen LogP contribution in [0.3, 0.4) is 0 Å². The molecule has 184 valence electrons. The van der Waals surface area contributed by atoms with E-state index in [0.717, 1.165) is 32.2 Å². The highest BCUT2D eigenvalue weighted by Crippen LogP contribution is 2.26. The van der Waals surface area contributed by atoms with Crippen LogP contribution in [0.1, 0.15) is 81.1 Å². The third-order valence-electron chi connectivity index (χ3n) is 6.69. The van der Waals surface area contributed by atoms with Crippen LogP contribution in [-0.2, 0) is 14.4 Å². The summed E-state index contributed by atoms with van der Waals surface area (Å²) in [7, 11) is 1.71. The van der Waals surface area contributed by atoms with E-state index in [-0.39, 0.29) is 41.4 Å². The van der Waals surface area contributed by atoms with Crippen molar-refractivity contribution in [1.29, 1.82) is 0 Å². The molecule has 32 heavy (non-hydrogen) atoms. The molecule has 0 radical (unpaired) electrons. The number of rotatable bonds is 9. The van der Waals surface area contributed by atoms with Crippen LogP contribution in [-0.4, -0.2) is 70.4 Å². The number of aliphatic carboxylic acids is 1. The van der Waals surface area contributed by atoms with E-state index in [1.165, 1.54) is 0 Å². The Hall–Kier alpha value is -1.89. The van der Waals surface area contributed by atoms with Crippen LogP contribution in [0, 0.1) is 11.3 Å². The number of amides is 2. The first-order chi connectivity index (χ1) is 14.7. The van der Waals surface area contributed by atoms with Crippen LogP contribution < -0.4 is 5.32 Å². The minimum Gasteiger partial charge on any atom is -0.478 e. The zero-order chi connectivity index (χ0) is 24.8. The zero-order valence-electron chi connectivity index (χ0n) is 21.6. The van der Waals surface area contributed by atoms with E-state index in [1.54, 1.807) is 24.9 Å². The second-order valence-corrected chi connectivity index (χ2v) is 10.6. The largest absolute Gasteiger partial charge is 0.478 e. The molecule has 0 bridgehead atoms. The summed E-state index contributed by atoms with van der Waals surface area (Å²) in [4.78, 5) is 42.2. The van der Waals surface area contributed by atoms with Gasteiger partial charge in [-0.25, -0.2) is 4.79 Å². The van der Waals surface area contributed by atoms with Gasteiger partial charge in [-0.3, -0.25) is 14.5 Å². The first kappa shape index (κ1) is 28.1. The summed E-state index contributed by atoms with van der Waals surface area (Å²) >= 11 is 0. The van der Waals surface area contributed by atoms with Crippen molar-refractivity contribution in [3.63, 3.8) is 0 Å². The normalized spacial score (nSPS) is 21.1. The molecule has 0 aromatic carbocycles. The maximum absolute atomic E-state index is 13.7. The van der Waals surface area contributed by atoms with Gasteiger partial charge in [-0.2, -0.15) is 0 Å². The van der Waals surface area contributed by atoms with Gasteiger partial charge in [-0.15, -0.1) is 0 Å². The number of carboxylic acids is 1. The smallest absolute Gasteiger partial charge is 0.331 e. The minimum absolute atomic E-state index is 0.0735. The molecule has 7 heteroatoms. The number of piperidine rings is 1. The average Bonchev–Trinajstić information content (AvgIpc) is 2.72. The van der Waals surface area contributed by atoms with Gasteiger partial charge in [0, 0.05) is 18.7 Å². The monoisotopic (exact) mass is 451 g/mol. The number of carboxylic acid groups (broad SMARTS) is 1. The predicted molar refractivity (Wildman–Crippen MR) is 128 cm³/mol. The molecule has 1 heterocycles. The fraction of sp³-hybridized carbons (Fsp3) is 0.800. The molecular weight excluding hydrogens is 406 g/mol. The lowest BCUT2D eigenvalue weighted by Crippen LogP contribution is -2.60. The summed E-state index contributed by atoms with van der Waals surface area (Å²) in [5, 5.41) is 12.4. The molecule has 7 nitrogen and oxygen atoms in total. The third kappa shape index (κ3) is 7.32. The number of likely N-dealkylation sites (tertiary alicyclic amines) is 1. The van der Waals surface area contributed by atoms with Crippen molar-refractivity contribution in [2.24, 2.45) is 11.3 Å². The van der Waals surface area contributed by atoms with Crippen LogP contribution in [0.2, 0.25) is 0 Å². The molecule has 0 unspecified atom stereocenters. The number of carbonyl (C=O) groups excluding carboxylic acids is 2. The zero-order valence-corrected chi connectivity index (χ0v) is 21.6. The fourth-order valence-electron chi connectivity index (χ4n) is 4.32. The Balaban J connectivity index is 3.19. The van der Waals surface area contributed by atoms with E-state index >= 15 is 0 Å². The number of nitrogens with zero attached hydrogens (tertiary/aromatic N) is 2. The molecule has 1 saturated heterocycles. The molecule has 1 rings (SSSR count). The lowest BCUT2D eigenvalue weighted by molar-refractivity contribution is -0.142. The highest BCUT2D eigenvalue weighted by molar-refractivity contribution is 5.91. The van der Waals surface area contributed by atoms with Gasteiger partial charge in [0.15, 0.2) is 0 Å². The van der Waals surface area contributed by atoms with Gasteiger partial charge >= 0.3 is 5.97 Å². The van der Waals surface area contributed by atoms with Crippen LogP contribution >= 0.6 is 0 Å². The Bertz CT molecular complexity index is 696. The number of carbonyl (C=O) groups is 3. The molecule has 1 aliphatic heterocycles. The van der Waals surface area contributed by atoms with Crippen LogP contribution in [0.25, 0.3) is 0 Å². The van der Waals surface area contributed by atoms with Crippen molar-refractivity contribution in [1.82, 2.24) is 15.1 Å². The fourth-order valence-corrected chi connectivity index (χ4v) is 4.32. The van der Waals surface area contributed by atoms with Crippen molar-refractivity contribution < 1.29 is 19.5 Å². The van der Waals surface area contributed by atoms with Crippen molar-refractivity contribution in [3.05, 3.63) is 11.6 Å². The molecule has 0 aromatic heterocycles. The van der Waals surface area contributed by atoms with E-state index in [9.17, 15) is 19.5 Å². The molecule has 0 aromatic rings.